The van der Waals surface area contributed by atoms with Gasteiger partial charge in [-0.05, 0) is 77.7 Å². The SMILES string of the molecule is COc1cc(C(=O)N2C[C@H]3CC[C@@H]2[C@@H]3N)cc2nc(-c3cc4cccc(Br)c4n3CC3CC3)n(C)c12. The van der Waals surface area contributed by atoms with Gasteiger partial charge in [0.2, 0.25) is 0 Å². The maximum atomic E-state index is 13.6. The molecule has 8 heteroatoms. The summed E-state index contributed by atoms with van der Waals surface area (Å²) in [6, 6.07) is 12.6. The molecule has 7 nitrogen and oxygen atoms in total. The minimum absolute atomic E-state index is 0.0248. The molecule has 36 heavy (non-hydrogen) atoms. The maximum Gasteiger partial charge on any atom is 0.254 e. The van der Waals surface area contributed by atoms with Gasteiger partial charge in [-0.15, -0.1) is 0 Å². The smallest absolute Gasteiger partial charge is 0.254 e. The van der Waals surface area contributed by atoms with Crippen molar-refractivity contribution in [2.45, 2.75) is 44.3 Å². The molecule has 0 spiro atoms. The van der Waals surface area contributed by atoms with Crippen LogP contribution in [0.3, 0.4) is 0 Å². The standard InChI is InChI=1S/C28H30BrN5O2/c1-32-26-20(10-18(12-23(26)36-2)28(35)34-14-17-8-9-21(34)24(17)30)31-27(32)22-11-16-4-3-5-19(29)25(16)33(22)13-15-6-7-15/h3-5,10-12,15,17,21,24H,6-9,13-14,30H2,1-2H3/t17-,21-,24-/m1/s1. The second-order valence-corrected chi connectivity index (χ2v) is 11.6. The number of carbonyl (C=O) groups excluding carboxylic acids is 1. The molecule has 3 heterocycles. The molecule has 1 amide bonds. The molecule has 2 bridgehead atoms. The lowest BCUT2D eigenvalue weighted by Crippen LogP contribution is -2.41. The van der Waals surface area contributed by atoms with E-state index >= 15 is 0 Å². The van der Waals surface area contributed by atoms with Gasteiger partial charge >= 0.3 is 0 Å². The summed E-state index contributed by atoms with van der Waals surface area (Å²) in [5.41, 5.74) is 10.9. The average molecular weight is 548 g/mol. The van der Waals surface area contributed by atoms with E-state index in [2.05, 4.69) is 49.3 Å². The van der Waals surface area contributed by atoms with E-state index in [1.165, 1.54) is 23.7 Å². The van der Waals surface area contributed by atoms with Crippen LogP contribution in [-0.4, -0.2) is 50.7 Å². The highest BCUT2D eigenvalue weighted by Crippen LogP contribution is 2.41. The number of ether oxygens (including phenoxy) is 1. The number of imidazole rings is 1. The van der Waals surface area contributed by atoms with Crippen molar-refractivity contribution >= 4 is 43.8 Å². The number of hydrogen-bond acceptors (Lipinski definition) is 4. The third kappa shape index (κ3) is 3.27. The number of methoxy groups -OCH3 is 1. The first-order chi connectivity index (χ1) is 17.4. The minimum atomic E-state index is 0.0248. The number of amides is 1. The van der Waals surface area contributed by atoms with Crippen molar-refractivity contribution in [3.8, 4) is 17.3 Å². The molecule has 0 radical (unpaired) electrons. The van der Waals surface area contributed by atoms with E-state index in [0.717, 1.165) is 53.0 Å². The molecule has 2 aliphatic carbocycles. The Bertz CT molecular complexity index is 1530. The number of hydrogen-bond donors (Lipinski definition) is 1. The highest BCUT2D eigenvalue weighted by Gasteiger charge is 2.47. The van der Waals surface area contributed by atoms with Crippen LogP contribution in [0.2, 0.25) is 0 Å². The van der Waals surface area contributed by atoms with Gasteiger partial charge in [0.1, 0.15) is 11.3 Å². The van der Waals surface area contributed by atoms with E-state index in [1.54, 1.807) is 7.11 Å². The minimum Gasteiger partial charge on any atom is -0.494 e. The molecule has 2 aromatic heterocycles. The number of para-hydroxylation sites is 1. The number of likely N-dealkylation sites (tertiary alicyclic amines) is 1. The average Bonchev–Trinajstić information content (AvgIpc) is 3.26. The number of halogens is 1. The molecule has 3 atom stereocenters. The first kappa shape index (κ1) is 22.4. The fourth-order valence-electron chi connectivity index (χ4n) is 6.48. The van der Waals surface area contributed by atoms with Crippen LogP contribution >= 0.6 is 15.9 Å². The molecule has 2 aromatic carbocycles. The van der Waals surface area contributed by atoms with Crippen LogP contribution in [-0.2, 0) is 13.6 Å². The lowest BCUT2D eigenvalue weighted by atomic mass is 10.1. The number of nitrogens with two attached hydrogens (primary N) is 1. The number of nitrogens with zero attached hydrogens (tertiary/aromatic N) is 4. The Morgan fingerprint density at radius 3 is 2.69 bits per heavy atom. The molecule has 1 saturated heterocycles. The van der Waals surface area contributed by atoms with Crippen LogP contribution in [0.25, 0.3) is 33.5 Å². The molecule has 2 N–H and O–H groups in total. The van der Waals surface area contributed by atoms with Crippen molar-refractivity contribution in [1.29, 1.82) is 0 Å². The topological polar surface area (TPSA) is 78.3 Å². The molecule has 2 saturated carbocycles. The second-order valence-electron chi connectivity index (χ2n) is 10.7. The molecular formula is C28H30BrN5O2. The van der Waals surface area contributed by atoms with Crippen molar-refractivity contribution in [2.75, 3.05) is 13.7 Å². The maximum absolute atomic E-state index is 13.6. The van der Waals surface area contributed by atoms with E-state index in [0.29, 0.717) is 23.1 Å². The Morgan fingerprint density at radius 2 is 2.00 bits per heavy atom. The predicted octanol–water partition coefficient (Wildman–Crippen LogP) is 4.94. The van der Waals surface area contributed by atoms with Crippen molar-refractivity contribution < 1.29 is 9.53 Å². The highest BCUT2D eigenvalue weighted by atomic mass is 79.9. The number of aryl methyl sites for hydroxylation is 1. The lowest BCUT2D eigenvalue weighted by Gasteiger charge is -2.27. The lowest BCUT2D eigenvalue weighted by molar-refractivity contribution is 0.0700. The molecule has 3 aliphatic rings. The zero-order chi connectivity index (χ0) is 24.7. The predicted molar refractivity (Wildman–Crippen MR) is 144 cm³/mol. The fourth-order valence-corrected chi connectivity index (χ4v) is 7.07. The van der Waals surface area contributed by atoms with Gasteiger partial charge in [0.15, 0.2) is 5.82 Å². The fraction of sp³-hybridized carbons (Fsp3) is 0.429. The van der Waals surface area contributed by atoms with Gasteiger partial charge in [0.05, 0.1) is 23.8 Å². The van der Waals surface area contributed by atoms with Crippen LogP contribution in [0.1, 0.15) is 36.0 Å². The number of rotatable bonds is 5. The van der Waals surface area contributed by atoms with E-state index < -0.39 is 0 Å². The number of aromatic nitrogens is 3. The molecular weight excluding hydrogens is 518 g/mol. The Balaban J connectivity index is 1.36. The molecule has 4 aromatic rings. The summed E-state index contributed by atoms with van der Waals surface area (Å²) >= 11 is 3.78. The van der Waals surface area contributed by atoms with Crippen LogP contribution in [0.15, 0.2) is 40.9 Å². The van der Waals surface area contributed by atoms with Gasteiger partial charge in [0, 0.05) is 47.6 Å². The van der Waals surface area contributed by atoms with Crippen molar-refractivity contribution in [2.24, 2.45) is 24.6 Å². The Labute approximate surface area is 218 Å². The summed E-state index contributed by atoms with van der Waals surface area (Å²) in [7, 11) is 3.69. The molecule has 7 rings (SSSR count). The summed E-state index contributed by atoms with van der Waals surface area (Å²) in [5, 5.41) is 1.19. The van der Waals surface area contributed by atoms with Crippen molar-refractivity contribution in [1.82, 2.24) is 19.0 Å². The van der Waals surface area contributed by atoms with Gasteiger partial charge in [-0.1, -0.05) is 12.1 Å². The van der Waals surface area contributed by atoms with Gasteiger partial charge in [-0.2, -0.15) is 0 Å². The van der Waals surface area contributed by atoms with Gasteiger partial charge in [-0.25, -0.2) is 4.98 Å². The van der Waals surface area contributed by atoms with Gasteiger partial charge < -0.3 is 24.5 Å². The Morgan fingerprint density at radius 1 is 1.17 bits per heavy atom. The van der Waals surface area contributed by atoms with Crippen LogP contribution in [0.4, 0.5) is 0 Å². The molecule has 1 aliphatic heterocycles. The monoisotopic (exact) mass is 547 g/mol. The number of carbonyl (C=O) groups is 1. The summed E-state index contributed by atoms with van der Waals surface area (Å²) < 4.78 is 11.4. The molecule has 3 fully saturated rings. The Hall–Kier alpha value is -2.84. The zero-order valence-electron chi connectivity index (χ0n) is 20.6. The first-order valence-electron chi connectivity index (χ1n) is 12.8. The first-order valence-corrected chi connectivity index (χ1v) is 13.6. The number of benzene rings is 2. The molecule has 186 valence electrons. The normalized spacial score (nSPS) is 23.3. The number of fused-ring (bicyclic) bond motifs is 4. The summed E-state index contributed by atoms with van der Waals surface area (Å²) in [6.45, 7) is 1.72. The quantitative estimate of drug-likeness (QED) is 0.384. The van der Waals surface area contributed by atoms with Crippen LogP contribution in [0.5, 0.6) is 5.75 Å². The Kier molecular flexibility index (Phi) is 5.02. The third-order valence-corrected chi connectivity index (χ3v) is 9.19. The van der Waals surface area contributed by atoms with Gasteiger partial charge in [-0.3, -0.25) is 4.79 Å². The summed E-state index contributed by atoms with van der Waals surface area (Å²) in [6.07, 6.45) is 4.65. The highest BCUT2D eigenvalue weighted by molar-refractivity contribution is 9.10. The van der Waals surface area contributed by atoms with Crippen molar-refractivity contribution in [3.63, 3.8) is 0 Å². The largest absolute Gasteiger partial charge is 0.494 e. The van der Waals surface area contributed by atoms with E-state index in [4.69, 9.17) is 15.5 Å². The zero-order valence-corrected chi connectivity index (χ0v) is 22.2. The van der Waals surface area contributed by atoms with Crippen LogP contribution < -0.4 is 10.5 Å². The number of piperidine rings is 1. The van der Waals surface area contributed by atoms with Crippen LogP contribution in [0, 0.1) is 11.8 Å². The third-order valence-electron chi connectivity index (χ3n) is 8.55. The molecule has 0 unspecified atom stereocenters. The van der Waals surface area contributed by atoms with Crippen molar-refractivity contribution in [3.05, 3.63) is 46.4 Å². The second kappa shape index (κ2) is 8.08. The summed E-state index contributed by atoms with van der Waals surface area (Å²) in [4.78, 5) is 20.6. The van der Waals surface area contributed by atoms with E-state index in [9.17, 15) is 4.79 Å². The van der Waals surface area contributed by atoms with E-state index in [-0.39, 0.29) is 18.0 Å². The summed E-state index contributed by atoms with van der Waals surface area (Å²) in [5.74, 6) is 2.69. The van der Waals surface area contributed by atoms with E-state index in [1.807, 2.05) is 24.1 Å². The van der Waals surface area contributed by atoms with Gasteiger partial charge in [0.25, 0.3) is 5.91 Å².